The van der Waals surface area contributed by atoms with Gasteiger partial charge in [0.15, 0.2) is 36.8 Å². The number of rotatable bonds is 19. The topological polar surface area (TPSA) is 245 Å². The summed E-state index contributed by atoms with van der Waals surface area (Å²) < 4.78 is 66.4. The van der Waals surface area contributed by atoms with Gasteiger partial charge in [-0.3, -0.25) is 5.41 Å². The van der Waals surface area contributed by atoms with Gasteiger partial charge in [-0.2, -0.15) is 0 Å². The monoisotopic (exact) mass is 1210 g/mol. The first-order valence-electron chi connectivity index (χ1n) is 26.1. The lowest BCUT2D eigenvalue weighted by Gasteiger charge is -2.48. The van der Waals surface area contributed by atoms with Gasteiger partial charge in [0.1, 0.15) is 31.5 Å². The number of esters is 7. The van der Waals surface area contributed by atoms with Gasteiger partial charge in [0.25, 0.3) is 3.79 Å². The fourth-order valence-corrected chi connectivity index (χ4v) is 8.99. The molecule has 0 spiro atoms. The molecule has 0 radical (unpaired) electrons. The van der Waals surface area contributed by atoms with E-state index >= 15 is 0 Å². The van der Waals surface area contributed by atoms with Crippen LogP contribution in [0.15, 0.2) is 212 Å². The van der Waals surface area contributed by atoms with Crippen LogP contribution < -0.4 is 0 Å². The number of alkyl halides is 3. The Morgan fingerprint density at radius 2 is 0.576 bits per heavy atom. The third-order valence-electron chi connectivity index (χ3n) is 13.0. The predicted octanol–water partition coefficient (Wildman–Crippen LogP) is 10.0. The molecule has 9 rings (SSSR count). The molecule has 7 aromatic rings. The molecule has 19 nitrogen and oxygen atoms in total. The Morgan fingerprint density at radius 3 is 0.882 bits per heavy atom. The minimum atomic E-state index is -2.62. The lowest BCUT2D eigenvalue weighted by molar-refractivity contribution is -0.350. The lowest BCUT2D eigenvalue weighted by Crippen LogP contribution is -2.67. The normalized spacial score (nSPS) is 21.8. The number of nitrogens with one attached hydrogen (secondary N) is 1. The first kappa shape index (κ1) is 60.6. The number of halogens is 3. The predicted molar refractivity (Wildman–Crippen MR) is 303 cm³/mol. The number of carbonyl (C=O) groups is 7. The summed E-state index contributed by atoms with van der Waals surface area (Å²) in [6, 6.07) is 53.3. The van der Waals surface area contributed by atoms with E-state index in [0.29, 0.717) is 0 Å². The molecule has 0 amide bonds. The molecule has 0 aliphatic carbocycles. The number of hydrogen-bond donors (Lipinski definition) is 1. The van der Waals surface area contributed by atoms with Crippen LogP contribution in [0.4, 0.5) is 0 Å². The maximum absolute atomic E-state index is 14.6. The first-order valence-corrected chi connectivity index (χ1v) is 27.3. The fourth-order valence-electron chi connectivity index (χ4n) is 8.85. The van der Waals surface area contributed by atoms with Gasteiger partial charge < -0.3 is 52.1 Å². The molecule has 2 heterocycles. The van der Waals surface area contributed by atoms with Crippen molar-refractivity contribution >= 4 is 82.5 Å². The second-order valence-electron chi connectivity index (χ2n) is 18.7. The Kier molecular flexibility index (Phi) is 20.4. The van der Waals surface area contributed by atoms with E-state index in [-0.39, 0.29) is 38.9 Å². The Morgan fingerprint density at radius 1 is 0.329 bits per heavy atom. The van der Waals surface area contributed by atoms with E-state index in [1.54, 1.807) is 103 Å². The zero-order valence-electron chi connectivity index (χ0n) is 44.4. The molecule has 2 fully saturated rings. The van der Waals surface area contributed by atoms with Gasteiger partial charge >= 0.3 is 41.8 Å². The standard InChI is InChI=1S/C63H50Cl3NO18/c64-63(65,66)62(67)85-61-52(83-59(74)44-34-20-7-21-35-44)50(48(80-56(71)41-28-14-4-15-29-41)46(78-61)37-76-54(69)39-24-10-2-11-25-39)84-60-51(82-58(73)43-32-18-6-19-33-43)49(81-57(72)42-30-16-5-17-31-42)47(79-55(70)40-26-12-3-13-27-40)45(77-60)36-75-53(68)38-22-8-1-9-23-38/h1-35,45-52,60-61,67H,36-37H2. The average molecular weight is 1220 g/mol. The van der Waals surface area contributed by atoms with Gasteiger partial charge in [-0.05, 0) is 84.9 Å². The summed E-state index contributed by atoms with van der Waals surface area (Å²) in [7, 11) is 0. The molecule has 0 bridgehead atoms. The largest absolute Gasteiger partial charge is 0.459 e. The van der Waals surface area contributed by atoms with Gasteiger partial charge in [-0.15, -0.1) is 0 Å². The van der Waals surface area contributed by atoms with E-state index < -0.39 is 126 Å². The van der Waals surface area contributed by atoms with Crippen molar-refractivity contribution in [2.45, 2.75) is 65.2 Å². The zero-order valence-corrected chi connectivity index (χ0v) is 46.6. The van der Waals surface area contributed by atoms with Gasteiger partial charge in [-0.25, -0.2) is 33.6 Å². The molecule has 10 unspecified atom stereocenters. The Hall–Kier alpha value is -8.95. The highest BCUT2D eigenvalue weighted by molar-refractivity contribution is 6.76. The van der Waals surface area contributed by atoms with Crippen molar-refractivity contribution in [1.82, 2.24) is 0 Å². The van der Waals surface area contributed by atoms with Gasteiger partial charge in [0.05, 0.1) is 38.9 Å². The summed E-state index contributed by atoms with van der Waals surface area (Å²) >= 11 is 18.6. The summed E-state index contributed by atoms with van der Waals surface area (Å²) in [4.78, 5) is 100. The summed E-state index contributed by atoms with van der Waals surface area (Å²) in [5, 5.41) is 8.76. The number of carbonyl (C=O) groups excluding carboxylic acids is 7. The Balaban J connectivity index is 1.23. The number of ether oxygens (including phenoxy) is 11. The van der Waals surface area contributed by atoms with Crippen molar-refractivity contribution in [2.24, 2.45) is 0 Å². The van der Waals surface area contributed by atoms with Crippen molar-refractivity contribution in [2.75, 3.05) is 13.2 Å². The van der Waals surface area contributed by atoms with E-state index in [0.717, 1.165) is 0 Å². The van der Waals surface area contributed by atoms with Crippen molar-refractivity contribution in [1.29, 1.82) is 5.41 Å². The highest BCUT2D eigenvalue weighted by Crippen LogP contribution is 2.39. The van der Waals surface area contributed by atoms with Crippen LogP contribution in [0, 0.1) is 5.41 Å². The Labute approximate surface area is 500 Å². The molecule has 2 aliphatic rings. The Bertz CT molecular complexity index is 3420. The minimum Gasteiger partial charge on any atom is -0.459 e. The number of hydrogen-bond acceptors (Lipinski definition) is 19. The molecule has 85 heavy (non-hydrogen) atoms. The highest BCUT2D eigenvalue weighted by atomic mass is 35.6. The molecule has 0 aromatic heterocycles. The smallest absolute Gasteiger partial charge is 0.338 e. The van der Waals surface area contributed by atoms with Gasteiger partial charge in [-0.1, -0.05) is 162 Å². The second kappa shape index (κ2) is 28.6. The molecule has 22 heteroatoms. The van der Waals surface area contributed by atoms with E-state index in [2.05, 4.69) is 0 Å². The number of benzene rings is 7. The van der Waals surface area contributed by atoms with Gasteiger partial charge in [0, 0.05) is 0 Å². The molecule has 7 aromatic carbocycles. The van der Waals surface area contributed by atoms with Crippen LogP contribution >= 0.6 is 34.8 Å². The molecular weight excluding hydrogens is 1170 g/mol. The van der Waals surface area contributed by atoms with Crippen LogP contribution in [0.3, 0.4) is 0 Å². The van der Waals surface area contributed by atoms with Crippen molar-refractivity contribution < 1.29 is 85.7 Å². The van der Waals surface area contributed by atoms with Crippen LogP contribution in [0.25, 0.3) is 0 Å². The molecule has 2 aliphatic heterocycles. The SMILES string of the molecule is N=C(OC1OC(COC(=O)c2ccccc2)C(OC(=O)c2ccccc2)C(OC2OC(COC(=O)c3ccccc3)C(OC(=O)c3ccccc3)C(OC(=O)c3ccccc3)C2OC(=O)c2ccccc2)C1OC(=O)c1ccccc1)C(Cl)(Cl)Cl. The van der Waals surface area contributed by atoms with Gasteiger partial charge in [0.2, 0.25) is 12.2 Å². The van der Waals surface area contributed by atoms with Crippen molar-refractivity contribution in [3.05, 3.63) is 251 Å². The minimum absolute atomic E-state index is 0.00527. The zero-order chi connectivity index (χ0) is 59.9. The third kappa shape index (κ3) is 15.8. The maximum Gasteiger partial charge on any atom is 0.338 e. The van der Waals surface area contributed by atoms with Crippen LogP contribution in [0.1, 0.15) is 72.5 Å². The second-order valence-corrected chi connectivity index (χ2v) is 21.0. The summed E-state index contributed by atoms with van der Waals surface area (Å²) in [5.74, 6) is -8.16. The molecule has 2 saturated heterocycles. The van der Waals surface area contributed by atoms with Crippen LogP contribution in [-0.2, 0) is 52.1 Å². The highest BCUT2D eigenvalue weighted by Gasteiger charge is 2.59. The fraction of sp³-hybridized carbons (Fsp3) is 0.206. The van der Waals surface area contributed by atoms with Crippen LogP contribution in [-0.4, -0.2) is 126 Å². The molecule has 436 valence electrons. The van der Waals surface area contributed by atoms with E-state index in [1.165, 1.54) is 109 Å². The quantitative estimate of drug-likeness (QED) is 0.0260. The average Bonchev–Trinajstić information content (AvgIpc) is 2.35. The lowest BCUT2D eigenvalue weighted by atomic mass is 9.95. The summed E-state index contributed by atoms with van der Waals surface area (Å²) in [6.07, 6.45) is -19.9. The summed E-state index contributed by atoms with van der Waals surface area (Å²) in [5.41, 5.74) is -0.00555. The van der Waals surface area contributed by atoms with E-state index in [1.807, 2.05) is 0 Å². The third-order valence-corrected chi connectivity index (χ3v) is 13.5. The molecular formula is C63H50Cl3NO18. The van der Waals surface area contributed by atoms with Crippen molar-refractivity contribution in [3.8, 4) is 0 Å². The van der Waals surface area contributed by atoms with Crippen molar-refractivity contribution in [3.63, 3.8) is 0 Å². The summed E-state index contributed by atoms with van der Waals surface area (Å²) in [6.45, 7) is -1.62. The van der Waals surface area contributed by atoms with Crippen LogP contribution in [0.2, 0.25) is 0 Å². The maximum atomic E-state index is 14.6. The first-order chi connectivity index (χ1) is 41.1. The molecule has 0 saturated carbocycles. The molecule has 1 N–H and O–H groups in total. The van der Waals surface area contributed by atoms with Crippen LogP contribution in [0.5, 0.6) is 0 Å². The van der Waals surface area contributed by atoms with E-state index in [9.17, 15) is 33.6 Å². The van der Waals surface area contributed by atoms with E-state index in [4.69, 9.17) is 92.3 Å². The molecule has 10 atom stereocenters.